The van der Waals surface area contributed by atoms with Gasteiger partial charge in [0.1, 0.15) is 0 Å². The molecule has 0 amide bonds. The monoisotopic (exact) mass is 524 g/mol. The number of unbranched alkanes of at least 4 members (excludes halogenated alkanes) is 23. The molecule has 0 aliphatic heterocycles. The third-order valence-corrected chi connectivity index (χ3v) is 7.57. The Labute approximate surface area is 231 Å². The van der Waals surface area contributed by atoms with Gasteiger partial charge in [-0.15, -0.1) is 0 Å². The van der Waals surface area contributed by atoms with E-state index < -0.39 is 5.97 Å². The third kappa shape index (κ3) is 31.1. The highest BCUT2D eigenvalue weighted by Gasteiger charge is 2.09. The van der Waals surface area contributed by atoms with E-state index in [4.69, 9.17) is 9.84 Å². The maximum Gasteiger partial charge on any atom is 0.306 e. The predicted octanol–water partition coefficient (Wildman–Crippen LogP) is 10.9. The molecule has 4 heteroatoms. The third-order valence-electron chi connectivity index (χ3n) is 7.57. The number of esters is 1. The van der Waals surface area contributed by atoms with Crippen LogP contribution in [0.2, 0.25) is 0 Å². The minimum Gasteiger partial charge on any atom is -0.481 e. The molecule has 1 unspecified atom stereocenters. The fourth-order valence-corrected chi connectivity index (χ4v) is 5.11. The zero-order valence-corrected chi connectivity index (χ0v) is 25.0. The molecular formula is C33H64O4. The van der Waals surface area contributed by atoms with E-state index in [1.807, 2.05) is 6.92 Å². The van der Waals surface area contributed by atoms with Crippen LogP contribution in [0.5, 0.6) is 0 Å². The molecule has 0 rings (SSSR count). The van der Waals surface area contributed by atoms with Gasteiger partial charge in [-0.2, -0.15) is 0 Å². The number of ether oxygens (including phenoxy) is 1. The van der Waals surface area contributed by atoms with Gasteiger partial charge in [0.05, 0.1) is 6.10 Å². The molecule has 0 spiro atoms. The summed E-state index contributed by atoms with van der Waals surface area (Å²) < 4.78 is 5.60. The molecule has 0 heterocycles. The summed E-state index contributed by atoms with van der Waals surface area (Å²) in [5.74, 6) is -0.685. The van der Waals surface area contributed by atoms with Gasteiger partial charge in [-0.25, -0.2) is 0 Å². The Morgan fingerprint density at radius 2 is 0.838 bits per heavy atom. The van der Waals surface area contributed by atoms with Gasteiger partial charge in [0.25, 0.3) is 0 Å². The summed E-state index contributed by atoms with van der Waals surface area (Å²) in [6.45, 7) is 4.32. The van der Waals surface area contributed by atoms with Gasteiger partial charge in [-0.1, -0.05) is 148 Å². The minimum atomic E-state index is -0.677. The van der Waals surface area contributed by atoms with Crippen molar-refractivity contribution in [3.05, 3.63) is 0 Å². The van der Waals surface area contributed by atoms with Crippen molar-refractivity contribution in [2.75, 3.05) is 0 Å². The number of carboxylic acids is 1. The molecule has 1 atom stereocenters. The number of carbonyl (C=O) groups is 2. The van der Waals surface area contributed by atoms with Crippen molar-refractivity contribution in [2.45, 2.75) is 200 Å². The Balaban J connectivity index is 3.29. The molecule has 37 heavy (non-hydrogen) atoms. The molecule has 220 valence electrons. The highest BCUT2D eigenvalue weighted by molar-refractivity contribution is 5.69. The summed E-state index contributed by atoms with van der Waals surface area (Å²) in [5, 5.41) is 8.62. The van der Waals surface area contributed by atoms with Gasteiger partial charge in [0.2, 0.25) is 0 Å². The van der Waals surface area contributed by atoms with Gasteiger partial charge in [0, 0.05) is 12.8 Å². The molecule has 0 aliphatic rings. The zero-order valence-electron chi connectivity index (χ0n) is 25.0. The predicted molar refractivity (Wildman–Crippen MR) is 158 cm³/mol. The zero-order chi connectivity index (χ0) is 27.2. The van der Waals surface area contributed by atoms with Gasteiger partial charge in [0.15, 0.2) is 0 Å². The Bertz CT molecular complexity index is 491. The first-order chi connectivity index (χ1) is 18.1. The second-order valence-electron chi connectivity index (χ2n) is 11.5. The number of carboxylic acid groups (broad SMARTS) is 1. The van der Waals surface area contributed by atoms with Crippen LogP contribution in [0.4, 0.5) is 0 Å². The van der Waals surface area contributed by atoms with Crippen LogP contribution in [-0.2, 0) is 14.3 Å². The van der Waals surface area contributed by atoms with Crippen LogP contribution in [0.1, 0.15) is 194 Å². The maximum absolute atomic E-state index is 12.1. The smallest absolute Gasteiger partial charge is 0.306 e. The van der Waals surface area contributed by atoms with Crippen LogP contribution in [0.3, 0.4) is 0 Å². The summed E-state index contributed by atoms with van der Waals surface area (Å²) in [6.07, 6.45) is 33.8. The molecule has 0 fully saturated rings. The lowest BCUT2D eigenvalue weighted by atomic mass is 10.0. The molecule has 0 radical (unpaired) electrons. The van der Waals surface area contributed by atoms with Crippen LogP contribution in [0.15, 0.2) is 0 Å². The maximum atomic E-state index is 12.1. The van der Waals surface area contributed by atoms with Gasteiger partial charge in [-0.3, -0.25) is 9.59 Å². The molecule has 0 aromatic heterocycles. The van der Waals surface area contributed by atoms with E-state index in [9.17, 15) is 9.59 Å². The average molecular weight is 525 g/mol. The van der Waals surface area contributed by atoms with Crippen molar-refractivity contribution in [3.8, 4) is 0 Å². The first kappa shape index (κ1) is 35.9. The largest absolute Gasteiger partial charge is 0.481 e. The minimum absolute atomic E-state index is 0.00875. The fourth-order valence-electron chi connectivity index (χ4n) is 5.11. The fraction of sp³-hybridized carbons (Fsp3) is 0.939. The Kier molecular flexibility index (Phi) is 28.7. The summed E-state index contributed by atoms with van der Waals surface area (Å²) in [7, 11) is 0. The van der Waals surface area contributed by atoms with E-state index in [1.165, 1.54) is 122 Å². The number of rotatable bonds is 30. The van der Waals surface area contributed by atoms with E-state index in [0.717, 1.165) is 44.9 Å². The SMILES string of the molecule is CCCCCCCCCCCCCCCCCC(=O)OC(C)CCCCCCCCCCCCC(=O)O. The number of carbonyl (C=O) groups excluding carboxylic acids is 1. The van der Waals surface area contributed by atoms with Crippen LogP contribution >= 0.6 is 0 Å². The van der Waals surface area contributed by atoms with E-state index >= 15 is 0 Å². The number of hydrogen-bond donors (Lipinski definition) is 1. The summed E-state index contributed by atoms with van der Waals surface area (Å²) in [6, 6.07) is 0. The topological polar surface area (TPSA) is 63.6 Å². The van der Waals surface area contributed by atoms with Crippen molar-refractivity contribution >= 4 is 11.9 Å². The molecule has 0 aromatic carbocycles. The van der Waals surface area contributed by atoms with Crippen LogP contribution < -0.4 is 0 Å². The van der Waals surface area contributed by atoms with Crippen LogP contribution in [0, 0.1) is 0 Å². The van der Waals surface area contributed by atoms with E-state index in [-0.39, 0.29) is 12.1 Å². The van der Waals surface area contributed by atoms with Crippen molar-refractivity contribution in [2.24, 2.45) is 0 Å². The lowest BCUT2D eigenvalue weighted by Gasteiger charge is -2.13. The molecule has 0 saturated heterocycles. The Morgan fingerprint density at radius 1 is 0.514 bits per heavy atom. The molecule has 4 nitrogen and oxygen atoms in total. The van der Waals surface area contributed by atoms with Crippen molar-refractivity contribution < 1.29 is 19.4 Å². The van der Waals surface area contributed by atoms with E-state index in [2.05, 4.69) is 6.92 Å². The Morgan fingerprint density at radius 3 is 1.22 bits per heavy atom. The molecule has 0 bridgehead atoms. The lowest BCUT2D eigenvalue weighted by molar-refractivity contribution is -0.148. The van der Waals surface area contributed by atoms with E-state index in [1.54, 1.807) is 0 Å². The summed E-state index contributed by atoms with van der Waals surface area (Å²) in [5.41, 5.74) is 0. The highest BCUT2D eigenvalue weighted by Crippen LogP contribution is 2.16. The highest BCUT2D eigenvalue weighted by atomic mass is 16.5. The molecular weight excluding hydrogens is 460 g/mol. The molecule has 1 N–H and O–H groups in total. The Hall–Kier alpha value is -1.06. The van der Waals surface area contributed by atoms with Crippen LogP contribution in [-0.4, -0.2) is 23.1 Å². The first-order valence-electron chi connectivity index (χ1n) is 16.5. The summed E-state index contributed by atoms with van der Waals surface area (Å²) in [4.78, 5) is 22.5. The number of aliphatic carboxylic acids is 1. The van der Waals surface area contributed by atoms with Crippen molar-refractivity contribution in [1.29, 1.82) is 0 Å². The standard InChI is InChI=1S/C33H64O4/c1-3-4-5-6-7-8-9-10-11-12-13-18-21-24-27-30-33(36)37-31(2)28-25-22-19-16-14-15-17-20-23-26-29-32(34)35/h31H,3-30H2,1-2H3,(H,34,35). The normalized spacial score (nSPS) is 12.1. The van der Waals surface area contributed by atoms with Gasteiger partial charge < -0.3 is 9.84 Å². The molecule has 0 aromatic rings. The second kappa shape index (κ2) is 29.5. The number of hydrogen-bond acceptors (Lipinski definition) is 3. The van der Waals surface area contributed by atoms with Crippen molar-refractivity contribution in [3.63, 3.8) is 0 Å². The van der Waals surface area contributed by atoms with Gasteiger partial charge >= 0.3 is 11.9 Å². The molecule has 0 aliphatic carbocycles. The molecule has 0 saturated carbocycles. The van der Waals surface area contributed by atoms with Crippen molar-refractivity contribution in [1.82, 2.24) is 0 Å². The first-order valence-corrected chi connectivity index (χ1v) is 16.5. The van der Waals surface area contributed by atoms with E-state index in [0.29, 0.717) is 12.8 Å². The van der Waals surface area contributed by atoms with Crippen LogP contribution in [0.25, 0.3) is 0 Å². The van der Waals surface area contributed by atoms with Gasteiger partial charge in [-0.05, 0) is 32.6 Å². The summed E-state index contributed by atoms with van der Waals surface area (Å²) >= 11 is 0. The quantitative estimate of drug-likeness (QED) is 0.0749. The lowest BCUT2D eigenvalue weighted by Crippen LogP contribution is -2.14. The average Bonchev–Trinajstić information content (AvgIpc) is 2.86. The second-order valence-corrected chi connectivity index (χ2v) is 11.5.